The van der Waals surface area contributed by atoms with E-state index in [1.165, 1.54) is 0 Å². The first kappa shape index (κ1) is 12.2. The van der Waals surface area contributed by atoms with Gasteiger partial charge in [-0.05, 0) is 51.0 Å². The zero-order chi connectivity index (χ0) is 12.3. The van der Waals surface area contributed by atoms with Crippen molar-refractivity contribution in [1.29, 1.82) is 0 Å². The van der Waals surface area contributed by atoms with Crippen molar-refractivity contribution >= 4 is 5.69 Å². The molecule has 0 atom stereocenters. The number of benzene rings is 1. The summed E-state index contributed by atoms with van der Waals surface area (Å²) in [7, 11) is 1.78. The monoisotopic (exact) mass is 235 g/mol. The molecule has 1 N–H and O–H groups in total. The van der Waals surface area contributed by atoms with E-state index in [0.29, 0.717) is 12.1 Å². The maximum atomic E-state index is 5.60. The van der Waals surface area contributed by atoms with E-state index in [1.54, 1.807) is 7.11 Å². The SMILES string of the molecule is COC1CC(Nc2ccc(OC(C)C)cc2)C1. The lowest BCUT2D eigenvalue weighted by Crippen LogP contribution is -2.40. The fourth-order valence-corrected chi connectivity index (χ4v) is 2.01. The van der Waals surface area contributed by atoms with Crippen LogP contribution in [-0.4, -0.2) is 25.4 Å². The van der Waals surface area contributed by atoms with Crippen molar-refractivity contribution in [2.45, 2.75) is 44.9 Å². The molecule has 0 heterocycles. The Balaban J connectivity index is 1.82. The second-order valence-corrected chi connectivity index (χ2v) is 4.86. The van der Waals surface area contributed by atoms with Crippen LogP contribution in [0.4, 0.5) is 5.69 Å². The molecule has 17 heavy (non-hydrogen) atoms. The van der Waals surface area contributed by atoms with Gasteiger partial charge in [-0.3, -0.25) is 0 Å². The first-order valence-electron chi connectivity index (χ1n) is 6.23. The molecule has 0 radical (unpaired) electrons. The molecule has 0 spiro atoms. The first-order chi connectivity index (χ1) is 8.17. The molecule has 3 heteroatoms. The molecule has 94 valence electrons. The minimum Gasteiger partial charge on any atom is -0.491 e. The average molecular weight is 235 g/mol. The van der Waals surface area contributed by atoms with Crippen LogP contribution < -0.4 is 10.1 Å². The molecular formula is C14H21NO2. The Labute approximate surface area is 103 Å². The van der Waals surface area contributed by atoms with Crippen LogP contribution in [-0.2, 0) is 4.74 Å². The predicted molar refractivity (Wildman–Crippen MR) is 69.6 cm³/mol. The van der Waals surface area contributed by atoms with Gasteiger partial charge in [0, 0.05) is 18.8 Å². The van der Waals surface area contributed by atoms with Crippen LogP contribution in [0.15, 0.2) is 24.3 Å². The molecule has 0 aromatic heterocycles. The van der Waals surface area contributed by atoms with E-state index >= 15 is 0 Å². The van der Waals surface area contributed by atoms with Gasteiger partial charge >= 0.3 is 0 Å². The lowest BCUT2D eigenvalue weighted by atomic mass is 9.89. The van der Waals surface area contributed by atoms with Gasteiger partial charge in [-0.2, -0.15) is 0 Å². The highest BCUT2D eigenvalue weighted by molar-refractivity contribution is 5.47. The number of ether oxygens (including phenoxy) is 2. The number of nitrogens with one attached hydrogen (secondary N) is 1. The lowest BCUT2D eigenvalue weighted by Gasteiger charge is -2.35. The topological polar surface area (TPSA) is 30.5 Å². The molecule has 1 aromatic rings. The van der Waals surface area contributed by atoms with E-state index in [-0.39, 0.29) is 6.10 Å². The summed E-state index contributed by atoms with van der Waals surface area (Å²) < 4.78 is 10.9. The van der Waals surface area contributed by atoms with Crippen LogP contribution in [0.1, 0.15) is 26.7 Å². The quantitative estimate of drug-likeness (QED) is 0.850. The number of hydrogen-bond acceptors (Lipinski definition) is 3. The summed E-state index contributed by atoms with van der Waals surface area (Å²) in [5.74, 6) is 0.925. The smallest absolute Gasteiger partial charge is 0.119 e. The maximum Gasteiger partial charge on any atom is 0.119 e. The molecule has 1 aliphatic rings. The highest BCUT2D eigenvalue weighted by Crippen LogP contribution is 2.27. The number of anilines is 1. The Morgan fingerprint density at radius 1 is 1.18 bits per heavy atom. The van der Waals surface area contributed by atoms with E-state index < -0.39 is 0 Å². The van der Waals surface area contributed by atoms with Crippen molar-refractivity contribution in [2.75, 3.05) is 12.4 Å². The Kier molecular flexibility index (Phi) is 3.89. The summed E-state index contributed by atoms with van der Waals surface area (Å²) >= 11 is 0. The van der Waals surface area contributed by atoms with Gasteiger partial charge in [0.15, 0.2) is 0 Å². The minimum atomic E-state index is 0.225. The highest BCUT2D eigenvalue weighted by Gasteiger charge is 2.28. The molecule has 0 unspecified atom stereocenters. The van der Waals surface area contributed by atoms with Crippen LogP contribution >= 0.6 is 0 Å². The predicted octanol–water partition coefficient (Wildman–Crippen LogP) is 3.06. The third-order valence-electron chi connectivity index (χ3n) is 3.03. The van der Waals surface area contributed by atoms with Crippen LogP contribution in [0.2, 0.25) is 0 Å². The minimum absolute atomic E-state index is 0.225. The molecule has 3 nitrogen and oxygen atoms in total. The van der Waals surface area contributed by atoms with Gasteiger partial charge in [-0.25, -0.2) is 0 Å². The molecule has 1 aliphatic carbocycles. The van der Waals surface area contributed by atoms with Gasteiger partial charge in [0.05, 0.1) is 12.2 Å². The van der Waals surface area contributed by atoms with Crippen molar-refractivity contribution in [3.8, 4) is 5.75 Å². The number of hydrogen-bond donors (Lipinski definition) is 1. The Hall–Kier alpha value is -1.22. The van der Waals surface area contributed by atoms with Crippen LogP contribution in [0.25, 0.3) is 0 Å². The molecule has 0 amide bonds. The van der Waals surface area contributed by atoms with Crippen LogP contribution in [0.3, 0.4) is 0 Å². The first-order valence-corrected chi connectivity index (χ1v) is 6.23. The third kappa shape index (κ3) is 3.37. The second kappa shape index (κ2) is 5.41. The average Bonchev–Trinajstić information content (AvgIpc) is 2.24. The molecule has 2 rings (SSSR count). The van der Waals surface area contributed by atoms with E-state index in [9.17, 15) is 0 Å². The zero-order valence-corrected chi connectivity index (χ0v) is 10.8. The van der Waals surface area contributed by atoms with Crippen molar-refractivity contribution in [3.05, 3.63) is 24.3 Å². The standard InChI is InChI=1S/C14H21NO2/c1-10(2)17-13-6-4-11(5-7-13)15-12-8-14(9-12)16-3/h4-7,10,12,14-15H,8-9H2,1-3H3. The Morgan fingerprint density at radius 2 is 1.82 bits per heavy atom. The van der Waals surface area contributed by atoms with Crippen LogP contribution in [0.5, 0.6) is 5.75 Å². The fourth-order valence-electron chi connectivity index (χ4n) is 2.01. The van der Waals surface area contributed by atoms with Crippen molar-refractivity contribution in [2.24, 2.45) is 0 Å². The summed E-state index contributed by atoms with van der Waals surface area (Å²) in [6.45, 7) is 4.07. The Bertz CT molecular complexity index is 342. The zero-order valence-electron chi connectivity index (χ0n) is 10.8. The largest absolute Gasteiger partial charge is 0.491 e. The molecule has 0 bridgehead atoms. The highest BCUT2D eigenvalue weighted by atomic mass is 16.5. The molecular weight excluding hydrogens is 214 g/mol. The molecule has 1 fully saturated rings. The molecule has 0 saturated heterocycles. The normalized spacial score (nSPS) is 23.3. The summed E-state index contributed by atoms with van der Waals surface area (Å²) in [5, 5.41) is 3.49. The molecule has 1 saturated carbocycles. The van der Waals surface area contributed by atoms with Gasteiger partial charge in [0.2, 0.25) is 0 Å². The summed E-state index contributed by atoms with van der Waals surface area (Å²) in [6.07, 6.45) is 2.86. The summed E-state index contributed by atoms with van der Waals surface area (Å²) in [5.41, 5.74) is 1.15. The number of rotatable bonds is 5. The molecule has 0 aliphatic heterocycles. The third-order valence-corrected chi connectivity index (χ3v) is 3.03. The molecule has 1 aromatic carbocycles. The summed E-state index contributed by atoms with van der Waals surface area (Å²) in [4.78, 5) is 0. The van der Waals surface area contributed by atoms with Gasteiger partial charge in [0.25, 0.3) is 0 Å². The maximum absolute atomic E-state index is 5.60. The van der Waals surface area contributed by atoms with Crippen molar-refractivity contribution < 1.29 is 9.47 Å². The van der Waals surface area contributed by atoms with Crippen molar-refractivity contribution in [1.82, 2.24) is 0 Å². The van der Waals surface area contributed by atoms with Crippen molar-refractivity contribution in [3.63, 3.8) is 0 Å². The van der Waals surface area contributed by atoms with E-state index in [0.717, 1.165) is 24.3 Å². The van der Waals surface area contributed by atoms with E-state index in [1.807, 2.05) is 26.0 Å². The number of methoxy groups -OCH3 is 1. The fraction of sp³-hybridized carbons (Fsp3) is 0.571. The van der Waals surface area contributed by atoms with Crippen LogP contribution in [0, 0.1) is 0 Å². The lowest BCUT2D eigenvalue weighted by molar-refractivity contribution is 0.0329. The van der Waals surface area contributed by atoms with E-state index in [2.05, 4.69) is 17.4 Å². The second-order valence-electron chi connectivity index (χ2n) is 4.86. The van der Waals surface area contributed by atoms with Gasteiger partial charge < -0.3 is 14.8 Å². The van der Waals surface area contributed by atoms with E-state index in [4.69, 9.17) is 9.47 Å². The van der Waals surface area contributed by atoms with Gasteiger partial charge in [-0.1, -0.05) is 0 Å². The van der Waals surface area contributed by atoms with Gasteiger partial charge in [-0.15, -0.1) is 0 Å². The van der Waals surface area contributed by atoms with Gasteiger partial charge in [0.1, 0.15) is 5.75 Å². The Morgan fingerprint density at radius 3 is 2.35 bits per heavy atom. The summed E-state index contributed by atoms with van der Waals surface area (Å²) in [6, 6.07) is 8.70.